The van der Waals surface area contributed by atoms with Gasteiger partial charge in [0.25, 0.3) is 0 Å². The van der Waals surface area contributed by atoms with E-state index in [0.29, 0.717) is 6.61 Å². The molecule has 0 atom stereocenters. The maximum atomic E-state index is 9.10. The van der Waals surface area contributed by atoms with Gasteiger partial charge < -0.3 is 25.0 Å². The van der Waals surface area contributed by atoms with Gasteiger partial charge in [-0.05, 0) is 44.6 Å². The highest BCUT2D eigenvalue weighted by Gasteiger charge is 2.04. The van der Waals surface area contributed by atoms with Crippen LogP contribution in [0.15, 0.2) is 24.3 Å². The zero-order chi connectivity index (χ0) is 17.7. The summed E-state index contributed by atoms with van der Waals surface area (Å²) in [6.07, 6.45) is 5.02. The van der Waals surface area contributed by atoms with Crippen LogP contribution in [0.1, 0.15) is 18.9 Å². The highest BCUT2D eigenvalue weighted by Crippen LogP contribution is 2.28. The second kappa shape index (κ2) is 12.0. The lowest BCUT2D eigenvalue weighted by Gasteiger charge is -2.11. The van der Waals surface area contributed by atoms with E-state index in [-0.39, 0.29) is 0 Å². The molecule has 1 aromatic carbocycles. The fourth-order valence-electron chi connectivity index (χ4n) is 1.53. The molecule has 0 aliphatic rings. The molecular formula is C16H23NO6. The van der Waals surface area contributed by atoms with Crippen LogP contribution in [-0.4, -0.2) is 49.5 Å². The number of carbonyl (C=O) groups is 2. The Bertz CT molecular complexity index is 515. The van der Waals surface area contributed by atoms with E-state index in [2.05, 4.69) is 5.32 Å². The fourth-order valence-corrected chi connectivity index (χ4v) is 1.53. The maximum Gasteiger partial charge on any atom is 0.414 e. The van der Waals surface area contributed by atoms with Crippen LogP contribution in [0, 0.1) is 0 Å². The smallest absolute Gasteiger partial charge is 0.414 e. The number of benzene rings is 1. The van der Waals surface area contributed by atoms with Crippen molar-refractivity contribution in [2.45, 2.75) is 13.3 Å². The standard InChI is InChI=1S/C14H21NO2.C2H2O4/c1-4-6-12-7-8-13(14(11-12)16-3)17-10-5-9-15-2;3-1(4)2(5)6/h4,6-8,11,15H,5,9-10H2,1-3H3;(H,3,4)(H,5,6)/b6-4-;. The number of rotatable bonds is 7. The number of aliphatic carboxylic acids is 2. The minimum Gasteiger partial charge on any atom is -0.493 e. The van der Waals surface area contributed by atoms with Gasteiger partial charge in [-0.1, -0.05) is 18.2 Å². The molecule has 0 amide bonds. The van der Waals surface area contributed by atoms with Crippen molar-refractivity contribution in [3.05, 3.63) is 29.8 Å². The van der Waals surface area contributed by atoms with Crippen LogP contribution in [0.2, 0.25) is 0 Å². The van der Waals surface area contributed by atoms with E-state index in [0.717, 1.165) is 30.0 Å². The van der Waals surface area contributed by atoms with Crippen LogP contribution in [0.3, 0.4) is 0 Å². The number of carboxylic acids is 2. The molecule has 1 rings (SSSR count). The molecule has 0 saturated carbocycles. The third-order valence-corrected chi connectivity index (χ3v) is 2.56. The SMILES string of the molecule is C/C=C\c1ccc(OCCCNC)c(OC)c1.O=C(O)C(=O)O. The first kappa shape index (κ1) is 20.5. The number of ether oxygens (including phenoxy) is 2. The highest BCUT2D eigenvalue weighted by molar-refractivity contribution is 6.27. The Morgan fingerprint density at radius 2 is 1.87 bits per heavy atom. The molecule has 0 radical (unpaired) electrons. The van der Waals surface area contributed by atoms with Crippen molar-refractivity contribution >= 4 is 18.0 Å². The van der Waals surface area contributed by atoms with Crippen LogP contribution in [0.25, 0.3) is 6.08 Å². The molecule has 7 nitrogen and oxygen atoms in total. The molecule has 0 heterocycles. The summed E-state index contributed by atoms with van der Waals surface area (Å²) in [6, 6.07) is 5.96. The Morgan fingerprint density at radius 1 is 1.22 bits per heavy atom. The van der Waals surface area contributed by atoms with Crippen molar-refractivity contribution < 1.29 is 29.3 Å². The normalized spacial score (nSPS) is 9.87. The number of hydrogen-bond acceptors (Lipinski definition) is 5. The summed E-state index contributed by atoms with van der Waals surface area (Å²) in [5.74, 6) is -2.06. The first-order valence-electron chi connectivity index (χ1n) is 7.00. The van der Waals surface area contributed by atoms with Gasteiger partial charge in [0, 0.05) is 0 Å². The Kier molecular flexibility index (Phi) is 10.7. The maximum absolute atomic E-state index is 9.10. The summed E-state index contributed by atoms with van der Waals surface area (Å²) in [7, 11) is 3.60. The van der Waals surface area contributed by atoms with Gasteiger partial charge in [-0.15, -0.1) is 0 Å². The van der Waals surface area contributed by atoms with Crippen LogP contribution >= 0.6 is 0 Å². The second-order valence-electron chi connectivity index (χ2n) is 4.33. The lowest BCUT2D eigenvalue weighted by molar-refractivity contribution is -0.159. The quantitative estimate of drug-likeness (QED) is 0.519. The lowest BCUT2D eigenvalue weighted by Crippen LogP contribution is -2.11. The summed E-state index contributed by atoms with van der Waals surface area (Å²) in [5, 5.41) is 17.9. The predicted molar refractivity (Wildman–Crippen MR) is 87.0 cm³/mol. The van der Waals surface area contributed by atoms with Gasteiger partial charge in [-0.3, -0.25) is 0 Å². The number of nitrogens with one attached hydrogen (secondary N) is 1. The molecule has 0 aliphatic carbocycles. The third kappa shape index (κ3) is 9.15. The van der Waals surface area contributed by atoms with Crippen molar-refractivity contribution in [1.29, 1.82) is 0 Å². The molecule has 128 valence electrons. The summed E-state index contributed by atoms with van der Waals surface area (Å²) in [5.41, 5.74) is 1.12. The molecule has 7 heteroatoms. The first-order chi connectivity index (χ1) is 11.0. The van der Waals surface area contributed by atoms with Crippen LogP contribution in [0.5, 0.6) is 11.5 Å². The number of carboxylic acid groups (broad SMARTS) is 2. The van der Waals surface area contributed by atoms with Crippen molar-refractivity contribution in [2.24, 2.45) is 0 Å². The van der Waals surface area contributed by atoms with E-state index >= 15 is 0 Å². The summed E-state index contributed by atoms with van der Waals surface area (Å²) in [4.78, 5) is 18.2. The van der Waals surface area contributed by atoms with Gasteiger partial charge in [0.05, 0.1) is 13.7 Å². The second-order valence-corrected chi connectivity index (χ2v) is 4.33. The zero-order valence-electron chi connectivity index (χ0n) is 13.5. The van der Waals surface area contributed by atoms with Gasteiger partial charge in [0.2, 0.25) is 0 Å². The number of allylic oxidation sites excluding steroid dienone is 1. The predicted octanol–water partition coefficient (Wildman–Crippen LogP) is 1.87. The van der Waals surface area contributed by atoms with Crippen molar-refractivity contribution in [3.63, 3.8) is 0 Å². The van der Waals surface area contributed by atoms with Crippen molar-refractivity contribution in [2.75, 3.05) is 27.3 Å². The molecule has 0 aliphatic heterocycles. The average Bonchev–Trinajstić information content (AvgIpc) is 2.53. The molecule has 23 heavy (non-hydrogen) atoms. The van der Waals surface area contributed by atoms with Crippen LogP contribution in [0.4, 0.5) is 0 Å². The van der Waals surface area contributed by atoms with E-state index in [4.69, 9.17) is 29.3 Å². The lowest BCUT2D eigenvalue weighted by atomic mass is 10.2. The molecule has 0 aromatic heterocycles. The monoisotopic (exact) mass is 325 g/mol. The van der Waals surface area contributed by atoms with E-state index in [1.807, 2.05) is 44.3 Å². The summed E-state index contributed by atoms with van der Waals surface area (Å²) >= 11 is 0. The first-order valence-corrected chi connectivity index (χ1v) is 7.00. The minimum atomic E-state index is -1.82. The molecule has 0 spiro atoms. The Labute approximate surface area is 135 Å². The third-order valence-electron chi connectivity index (χ3n) is 2.56. The van der Waals surface area contributed by atoms with Gasteiger partial charge in [0.1, 0.15) is 0 Å². The molecule has 0 fully saturated rings. The average molecular weight is 325 g/mol. The molecule has 0 saturated heterocycles. The molecule has 1 aromatic rings. The highest BCUT2D eigenvalue weighted by atomic mass is 16.5. The molecule has 3 N–H and O–H groups in total. The van der Waals surface area contributed by atoms with Crippen molar-refractivity contribution in [1.82, 2.24) is 5.32 Å². The van der Waals surface area contributed by atoms with Gasteiger partial charge in [-0.25, -0.2) is 9.59 Å². The fraction of sp³-hybridized carbons (Fsp3) is 0.375. The number of methoxy groups -OCH3 is 1. The Balaban J connectivity index is 0.000000688. The van der Waals surface area contributed by atoms with Crippen LogP contribution < -0.4 is 14.8 Å². The van der Waals surface area contributed by atoms with Gasteiger partial charge in [0.15, 0.2) is 11.5 Å². The van der Waals surface area contributed by atoms with Gasteiger partial charge >= 0.3 is 11.9 Å². The van der Waals surface area contributed by atoms with E-state index in [1.54, 1.807) is 7.11 Å². The van der Waals surface area contributed by atoms with E-state index in [9.17, 15) is 0 Å². The largest absolute Gasteiger partial charge is 0.493 e. The zero-order valence-corrected chi connectivity index (χ0v) is 13.5. The summed E-state index contributed by atoms with van der Waals surface area (Å²) in [6.45, 7) is 3.65. The molecule has 0 bridgehead atoms. The van der Waals surface area contributed by atoms with Gasteiger partial charge in [-0.2, -0.15) is 0 Å². The van der Waals surface area contributed by atoms with E-state index in [1.165, 1.54) is 0 Å². The van der Waals surface area contributed by atoms with Crippen molar-refractivity contribution in [3.8, 4) is 11.5 Å². The minimum absolute atomic E-state index is 0.695. The Morgan fingerprint density at radius 3 is 2.35 bits per heavy atom. The summed E-state index contributed by atoms with van der Waals surface area (Å²) < 4.78 is 11.0. The van der Waals surface area contributed by atoms with E-state index < -0.39 is 11.9 Å². The topological polar surface area (TPSA) is 105 Å². The number of hydrogen-bond donors (Lipinski definition) is 3. The van der Waals surface area contributed by atoms with Crippen LogP contribution in [-0.2, 0) is 9.59 Å². The molecule has 0 unspecified atom stereocenters. The Hall–Kier alpha value is -2.54. The molecular weight excluding hydrogens is 302 g/mol.